The lowest BCUT2D eigenvalue weighted by Crippen LogP contribution is -2.33. The predicted molar refractivity (Wildman–Crippen MR) is 82.8 cm³/mol. The molecule has 4 heteroatoms. The van der Waals surface area contributed by atoms with E-state index in [0.717, 1.165) is 13.0 Å². The molecule has 0 bridgehead atoms. The van der Waals surface area contributed by atoms with Crippen molar-refractivity contribution in [1.82, 2.24) is 15.1 Å². The summed E-state index contributed by atoms with van der Waals surface area (Å²) in [6.45, 7) is 3.10. The molecule has 2 unspecified atom stereocenters. The van der Waals surface area contributed by atoms with E-state index in [2.05, 4.69) is 60.0 Å². The summed E-state index contributed by atoms with van der Waals surface area (Å²) in [4.78, 5) is 0. The number of thioether (sulfide) groups is 1. The van der Waals surface area contributed by atoms with Gasteiger partial charge in [0.15, 0.2) is 0 Å². The molecule has 2 aromatic rings. The molecule has 19 heavy (non-hydrogen) atoms. The highest BCUT2D eigenvalue weighted by Crippen LogP contribution is 2.29. The van der Waals surface area contributed by atoms with E-state index < -0.39 is 0 Å². The highest BCUT2D eigenvalue weighted by atomic mass is 32.2. The van der Waals surface area contributed by atoms with Gasteiger partial charge in [-0.15, -0.1) is 0 Å². The van der Waals surface area contributed by atoms with Crippen LogP contribution in [0.1, 0.15) is 12.6 Å². The molecule has 2 heterocycles. The van der Waals surface area contributed by atoms with Crippen LogP contribution in [0.4, 0.5) is 0 Å². The second-order valence-corrected chi connectivity index (χ2v) is 6.25. The quantitative estimate of drug-likeness (QED) is 0.930. The summed E-state index contributed by atoms with van der Waals surface area (Å²) >= 11 is 2.05. The fourth-order valence-corrected chi connectivity index (χ4v) is 4.44. The number of aryl methyl sites for hydroxylation is 1. The molecule has 0 saturated carbocycles. The zero-order valence-corrected chi connectivity index (χ0v) is 12.4. The number of fused-ring (bicyclic) bond motifs is 1. The van der Waals surface area contributed by atoms with Crippen LogP contribution in [-0.2, 0) is 13.0 Å². The van der Waals surface area contributed by atoms with Gasteiger partial charge in [-0.3, -0.25) is 4.68 Å². The van der Waals surface area contributed by atoms with E-state index in [-0.39, 0.29) is 0 Å². The molecule has 1 fully saturated rings. The molecule has 1 aliphatic heterocycles. The van der Waals surface area contributed by atoms with Crippen molar-refractivity contribution < 1.29 is 0 Å². The monoisotopic (exact) mass is 275 g/mol. The molecule has 1 aromatic heterocycles. The summed E-state index contributed by atoms with van der Waals surface area (Å²) in [5.74, 6) is 3.19. The SMILES string of the molecule is CCn1nc(CC2CSCC2NC)c2ccccc21. The van der Waals surface area contributed by atoms with Crippen LogP contribution in [0, 0.1) is 5.92 Å². The van der Waals surface area contributed by atoms with E-state index in [4.69, 9.17) is 5.10 Å². The Morgan fingerprint density at radius 2 is 2.21 bits per heavy atom. The van der Waals surface area contributed by atoms with Gasteiger partial charge < -0.3 is 5.32 Å². The van der Waals surface area contributed by atoms with Crippen LogP contribution in [0.5, 0.6) is 0 Å². The molecule has 0 aliphatic carbocycles. The Hall–Kier alpha value is -1.00. The van der Waals surface area contributed by atoms with Crippen molar-refractivity contribution in [2.75, 3.05) is 18.6 Å². The van der Waals surface area contributed by atoms with Crippen molar-refractivity contribution >= 4 is 22.7 Å². The molecular weight excluding hydrogens is 254 g/mol. The molecule has 1 aromatic carbocycles. The highest BCUT2D eigenvalue weighted by Gasteiger charge is 2.28. The summed E-state index contributed by atoms with van der Waals surface area (Å²) in [5.41, 5.74) is 2.54. The van der Waals surface area contributed by atoms with Gasteiger partial charge in [-0.05, 0) is 38.1 Å². The maximum absolute atomic E-state index is 4.82. The van der Waals surface area contributed by atoms with Crippen LogP contribution in [-0.4, -0.2) is 34.4 Å². The van der Waals surface area contributed by atoms with Crippen LogP contribution in [0.3, 0.4) is 0 Å². The maximum Gasteiger partial charge on any atom is 0.0707 e. The average Bonchev–Trinajstić information content (AvgIpc) is 3.04. The first-order valence-corrected chi connectivity index (χ1v) is 8.18. The van der Waals surface area contributed by atoms with Crippen molar-refractivity contribution in [3.63, 3.8) is 0 Å². The molecule has 1 aliphatic rings. The van der Waals surface area contributed by atoms with Gasteiger partial charge in [-0.1, -0.05) is 18.2 Å². The average molecular weight is 275 g/mol. The Balaban J connectivity index is 1.92. The second kappa shape index (κ2) is 5.55. The minimum atomic E-state index is 0.635. The highest BCUT2D eigenvalue weighted by molar-refractivity contribution is 7.99. The number of nitrogens with one attached hydrogen (secondary N) is 1. The standard InChI is InChI=1S/C15H21N3S/c1-3-18-15-7-5-4-6-12(15)13(17-18)8-11-9-19-10-14(11)16-2/h4-7,11,14,16H,3,8-10H2,1-2H3. The van der Waals surface area contributed by atoms with E-state index in [1.807, 2.05) is 0 Å². The first-order valence-electron chi connectivity index (χ1n) is 7.03. The number of benzene rings is 1. The number of para-hydroxylation sites is 1. The Morgan fingerprint density at radius 3 is 3.00 bits per heavy atom. The normalized spacial score (nSPS) is 23.3. The van der Waals surface area contributed by atoms with Gasteiger partial charge in [0.2, 0.25) is 0 Å². The van der Waals surface area contributed by atoms with Crippen molar-refractivity contribution in [3.05, 3.63) is 30.0 Å². The third-order valence-electron chi connectivity index (χ3n) is 4.06. The number of hydrogen-bond donors (Lipinski definition) is 1. The molecule has 2 atom stereocenters. The Labute approximate surface area is 118 Å². The number of hydrogen-bond acceptors (Lipinski definition) is 3. The van der Waals surface area contributed by atoms with Gasteiger partial charge in [-0.25, -0.2) is 0 Å². The first-order chi connectivity index (χ1) is 9.33. The van der Waals surface area contributed by atoms with Crippen LogP contribution < -0.4 is 5.32 Å². The van der Waals surface area contributed by atoms with E-state index in [1.54, 1.807) is 0 Å². The lowest BCUT2D eigenvalue weighted by Gasteiger charge is -2.16. The molecule has 1 N–H and O–H groups in total. The molecule has 3 nitrogen and oxygen atoms in total. The largest absolute Gasteiger partial charge is 0.316 e. The van der Waals surface area contributed by atoms with Crippen LogP contribution in [0.2, 0.25) is 0 Å². The summed E-state index contributed by atoms with van der Waals surface area (Å²) in [6, 6.07) is 9.23. The smallest absolute Gasteiger partial charge is 0.0707 e. The molecule has 0 spiro atoms. The minimum absolute atomic E-state index is 0.635. The van der Waals surface area contributed by atoms with Gasteiger partial charge in [0.05, 0.1) is 11.2 Å². The summed E-state index contributed by atoms with van der Waals surface area (Å²) in [6.07, 6.45) is 1.09. The van der Waals surface area contributed by atoms with Crippen molar-refractivity contribution in [2.24, 2.45) is 5.92 Å². The van der Waals surface area contributed by atoms with E-state index in [1.165, 1.54) is 28.1 Å². The molecule has 0 amide bonds. The van der Waals surface area contributed by atoms with Gasteiger partial charge in [-0.2, -0.15) is 16.9 Å². The van der Waals surface area contributed by atoms with Gasteiger partial charge in [0.25, 0.3) is 0 Å². The fraction of sp³-hybridized carbons (Fsp3) is 0.533. The van der Waals surface area contributed by atoms with E-state index >= 15 is 0 Å². The van der Waals surface area contributed by atoms with Crippen LogP contribution >= 0.6 is 11.8 Å². The van der Waals surface area contributed by atoms with E-state index in [9.17, 15) is 0 Å². The second-order valence-electron chi connectivity index (χ2n) is 5.18. The Bertz CT molecular complexity index is 564. The zero-order valence-electron chi connectivity index (χ0n) is 11.6. The van der Waals surface area contributed by atoms with Gasteiger partial charge in [0, 0.05) is 23.7 Å². The van der Waals surface area contributed by atoms with Crippen molar-refractivity contribution in [2.45, 2.75) is 25.9 Å². The lowest BCUT2D eigenvalue weighted by molar-refractivity contribution is 0.448. The number of nitrogens with zero attached hydrogens (tertiary/aromatic N) is 2. The van der Waals surface area contributed by atoms with Gasteiger partial charge in [0.1, 0.15) is 0 Å². The molecule has 0 radical (unpaired) electrons. The maximum atomic E-state index is 4.82. The first kappa shape index (κ1) is 13.0. The number of aromatic nitrogens is 2. The predicted octanol–water partition coefficient (Wildman–Crippen LogP) is 2.55. The van der Waals surface area contributed by atoms with Gasteiger partial charge >= 0.3 is 0 Å². The van der Waals surface area contributed by atoms with Crippen molar-refractivity contribution in [3.8, 4) is 0 Å². The van der Waals surface area contributed by atoms with Crippen LogP contribution in [0.15, 0.2) is 24.3 Å². The summed E-state index contributed by atoms with van der Waals surface area (Å²) in [7, 11) is 2.08. The summed E-state index contributed by atoms with van der Waals surface area (Å²) in [5, 5.41) is 9.60. The molecule has 102 valence electrons. The minimum Gasteiger partial charge on any atom is -0.316 e. The zero-order chi connectivity index (χ0) is 13.2. The lowest BCUT2D eigenvalue weighted by atomic mass is 9.96. The Kier molecular flexibility index (Phi) is 3.80. The van der Waals surface area contributed by atoms with E-state index in [0.29, 0.717) is 12.0 Å². The fourth-order valence-electron chi connectivity index (χ4n) is 2.96. The third kappa shape index (κ3) is 2.39. The van der Waals surface area contributed by atoms with Crippen LogP contribution in [0.25, 0.3) is 10.9 Å². The number of rotatable bonds is 4. The Morgan fingerprint density at radius 1 is 1.37 bits per heavy atom. The topological polar surface area (TPSA) is 29.9 Å². The van der Waals surface area contributed by atoms with Crippen molar-refractivity contribution in [1.29, 1.82) is 0 Å². The molecule has 3 rings (SSSR count). The molecule has 1 saturated heterocycles. The molecular formula is C15H21N3S. The third-order valence-corrected chi connectivity index (χ3v) is 5.32. The summed E-state index contributed by atoms with van der Waals surface area (Å²) < 4.78 is 2.13.